The first-order valence-electron chi connectivity index (χ1n) is 7.83. The third-order valence-electron chi connectivity index (χ3n) is 4.41. The summed E-state index contributed by atoms with van der Waals surface area (Å²) < 4.78 is 5.94. The molecule has 0 aromatic heterocycles. The Morgan fingerprint density at radius 3 is 2.75 bits per heavy atom. The van der Waals surface area contributed by atoms with Gasteiger partial charge in [0, 0.05) is 18.2 Å². The van der Waals surface area contributed by atoms with E-state index >= 15 is 0 Å². The van der Waals surface area contributed by atoms with Gasteiger partial charge in [0.2, 0.25) is 0 Å². The molecule has 2 aliphatic carbocycles. The van der Waals surface area contributed by atoms with Crippen LogP contribution in [0.25, 0.3) is 0 Å². The molecule has 2 N–H and O–H groups in total. The molecule has 1 aromatic carbocycles. The SMILES string of the molecule is Cc1ccc(OCC2(O)CCCC2)c(CNC2CC2)c1. The van der Waals surface area contributed by atoms with Crippen LogP contribution >= 0.6 is 0 Å². The molecular weight excluding hydrogens is 250 g/mol. The lowest BCUT2D eigenvalue weighted by molar-refractivity contribution is 0.00111. The number of ether oxygens (including phenoxy) is 1. The first-order chi connectivity index (χ1) is 9.65. The van der Waals surface area contributed by atoms with Crippen LogP contribution in [0.15, 0.2) is 18.2 Å². The van der Waals surface area contributed by atoms with Gasteiger partial charge in [0.15, 0.2) is 0 Å². The maximum atomic E-state index is 10.4. The molecular formula is C17H25NO2. The molecule has 0 unspecified atom stereocenters. The Balaban J connectivity index is 1.64. The third kappa shape index (κ3) is 3.53. The molecule has 0 amide bonds. The van der Waals surface area contributed by atoms with E-state index in [0.717, 1.165) is 38.0 Å². The Bertz CT molecular complexity index is 462. The van der Waals surface area contributed by atoms with Gasteiger partial charge in [0.1, 0.15) is 12.4 Å². The molecule has 0 atom stereocenters. The average molecular weight is 275 g/mol. The van der Waals surface area contributed by atoms with Crippen LogP contribution in [-0.4, -0.2) is 23.4 Å². The summed E-state index contributed by atoms with van der Waals surface area (Å²) in [5.41, 5.74) is 1.86. The lowest BCUT2D eigenvalue weighted by atomic mass is 10.0. The first-order valence-corrected chi connectivity index (χ1v) is 7.83. The van der Waals surface area contributed by atoms with E-state index in [-0.39, 0.29) is 0 Å². The van der Waals surface area contributed by atoms with Gasteiger partial charge in [-0.05, 0) is 38.7 Å². The topological polar surface area (TPSA) is 41.5 Å². The second-order valence-electron chi connectivity index (χ2n) is 6.49. The summed E-state index contributed by atoms with van der Waals surface area (Å²) in [4.78, 5) is 0. The van der Waals surface area contributed by atoms with Crippen molar-refractivity contribution < 1.29 is 9.84 Å². The Kier molecular flexibility index (Phi) is 3.99. The molecule has 2 aliphatic rings. The van der Waals surface area contributed by atoms with E-state index in [1.165, 1.54) is 24.0 Å². The number of rotatable bonds is 6. The van der Waals surface area contributed by atoms with Crippen molar-refractivity contribution in [1.82, 2.24) is 5.32 Å². The molecule has 0 heterocycles. The quantitative estimate of drug-likeness (QED) is 0.838. The molecule has 3 nitrogen and oxygen atoms in total. The lowest BCUT2D eigenvalue weighted by Crippen LogP contribution is -2.32. The normalized spacial score (nSPS) is 21.1. The summed E-state index contributed by atoms with van der Waals surface area (Å²) in [7, 11) is 0. The van der Waals surface area contributed by atoms with Gasteiger partial charge in [0.25, 0.3) is 0 Å². The van der Waals surface area contributed by atoms with Crippen LogP contribution in [0, 0.1) is 6.92 Å². The molecule has 0 bridgehead atoms. The predicted molar refractivity (Wildman–Crippen MR) is 80.0 cm³/mol. The van der Waals surface area contributed by atoms with Crippen molar-refractivity contribution >= 4 is 0 Å². The van der Waals surface area contributed by atoms with Gasteiger partial charge in [-0.3, -0.25) is 0 Å². The van der Waals surface area contributed by atoms with E-state index < -0.39 is 5.60 Å². The summed E-state index contributed by atoms with van der Waals surface area (Å²) in [5.74, 6) is 0.920. The zero-order valence-electron chi connectivity index (χ0n) is 12.3. The van der Waals surface area contributed by atoms with E-state index in [4.69, 9.17) is 4.74 Å². The molecule has 3 rings (SSSR count). The number of hydrogen-bond donors (Lipinski definition) is 2. The van der Waals surface area contributed by atoms with E-state index in [2.05, 4.69) is 24.4 Å². The second kappa shape index (κ2) is 5.74. The summed E-state index contributed by atoms with van der Waals surface area (Å²) in [5, 5.41) is 13.9. The van der Waals surface area contributed by atoms with Crippen molar-refractivity contribution in [1.29, 1.82) is 0 Å². The van der Waals surface area contributed by atoms with Crippen molar-refractivity contribution in [3.63, 3.8) is 0 Å². The fourth-order valence-electron chi connectivity index (χ4n) is 2.92. The largest absolute Gasteiger partial charge is 0.490 e. The summed E-state index contributed by atoms with van der Waals surface area (Å²) in [6.07, 6.45) is 6.56. The van der Waals surface area contributed by atoms with Crippen LogP contribution in [0.3, 0.4) is 0 Å². The van der Waals surface area contributed by atoms with Crippen molar-refractivity contribution in [2.75, 3.05) is 6.61 Å². The Labute approximate surface area is 121 Å². The molecule has 0 saturated heterocycles. The zero-order valence-corrected chi connectivity index (χ0v) is 12.3. The highest BCUT2D eigenvalue weighted by Gasteiger charge is 2.32. The van der Waals surface area contributed by atoms with Gasteiger partial charge in [-0.15, -0.1) is 0 Å². The van der Waals surface area contributed by atoms with Crippen LogP contribution in [0.5, 0.6) is 5.75 Å². The number of hydrogen-bond acceptors (Lipinski definition) is 3. The predicted octanol–water partition coefficient (Wildman–Crippen LogP) is 2.93. The van der Waals surface area contributed by atoms with Crippen LogP contribution in [0.4, 0.5) is 0 Å². The van der Waals surface area contributed by atoms with Crippen LogP contribution in [0.2, 0.25) is 0 Å². The smallest absolute Gasteiger partial charge is 0.123 e. The van der Waals surface area contributed by atoms with Crippen molar-refractivity contribution in [2.45, 2.75) is 63.6 Å². The molecule has 0 spiro atoms. The molecule has 3 heteroatoms. The van der Waals surface area contributed by atoms with Crippen molar-refractivity contribution in [3.05, 3.63) is 29.3 Å². The van der Waals surface area contributed by atoms with E-state index in [1.807, 2.05) is 6.07 Å². The monoisotopic (exact) mass is 275 g/mol. The number of aryl methyl sites for hydroxylation is 1. The van der Waals surface area contributed by atoms with Gasteiger partial charge in [-0.2, -0.15) is 0 Å². The minimum atomic E-state index is -0.605. The minimum Gasteiger partial charge on any atom is -0.490 e. The van der Waals surface area contributed by atoms with E-state index in [1.54, 1.807) is 0 Å². The van der Waals surface area contributed by atoms with Crippen LogP contribution in [-0.2, 0) is 6.54 Å². The fourth-order valence-corrected chi connectivity index (χ4v) is 2.92. The summed E-state index contributed by atoms with van der Waals surface area (Å²) >= 11 is 0. The van der Waals surface area contributed by atoms with E-state index in [9.17, 15) is 5.11 Å². The first kappa shape index (κ1) is 13.9. The minimum absolute atomic E-state index is 0.423. The highest BCUT2D eigenvalue weighted by atomic mass is 16.5. The van der Waals surface area contributed by atoms with E-state index in [0.29, 0.717) is 12.6 Å². The molecule has 0 aliphatic heterocycles. The van der Waals surface area contributed by atoms with Gasteiger partial charge >= 0.3 is 0 Å². The highest BCUT2D eigenvalue weighted by molar-refractivity contribution is 5.37. The van der Waals surface area contributed by atoms with Gasteiger partial charge in [-0.1, -0.05) is 30.5 Å². The highest BCUT2D eigenvalue weighted by Crippen LogP contribution is 2.31. The second-order valence-corrected chi connectivity index (χ2v) is 6.49. The number of aliphatic hydroxyl groups is 1. The van der Waals surface area contributed by atoms with Crippen LogP contribution in [0.1, 0.15) is 49.7 Å². The molecule has 20 heavy (non-hydrogen) atoms. The molecule has 110 valence electrons. The van der Waals surface area contributed by atoms with Crippen molar-refractivity contribution in [2.24, 2.45) is 0 Å². The third-order valence-corrected chi connectivity index (χ3v) is 4.41. The molecule has 1 aromatic rings. The Morgan fingerprint density at radius 1 is 1.30 bits per heavy atom. The maximum Gasteiger partial charge on any atom is 0.123 e. The number of benzene rings is 1. The van der Waals surface area contributed by atoms with Crippen LogP contribution < -0.4 is 10.1 Å². The number of nitrogens with one attached hydrogen (secondary N) is 1. The van der Waals surface area contributed by atoms with Gasteiger partial charge in [-0.25, -0.2) is 0 Å². The molecule has 2 fully saturated rings. The summed E-state index contributed by atoms with van der Waals surface area (Å²) in [6, 6.07) is 7.00. The molecule has 0 radical (unpaired) electrons. The standard InChI is InChI=1S/C17H25NO2/c1-13-4-7-16(14(10-13)11-18-15-5-6-15)20-12-17(19)8-2-3-9-17/h4,7,10,15,18-19H,2-3,5-6,8-9,11-12H2,1H3. The van der Waals surface area contributed by atoms with Gasteiger partial charge in [0.05, 0.1) is 5.60 Å². The fraction of sp³-hybridized carbons (Fsp3) is 0.647. The summed E-state index contributed by atoms with van der Waals surface area (Å²) in [6.45, 7) is 3.39. The Hall–Kier alpha value is -1.06. The van der Waals surface area contributed by atoms with Crippen molar-refractivity contribution in [3.8, 4) is 5.75 Å². The lowest BCUT2D eigenvalue weighted by Gasteiger charge is -2.23. The zero-order chi connectivity index (χ0) is 14.0. The Morgan fingerprint density at radius 2 is 2.05 bits per heavy atom. The maximum absolute atomic E-state index is 10.4. The van der Waals surface area contributed by atoms with Gasteiger partial charge < -0.3 is 15.2 Å². The molecule has 2 saturated carbocycles. The average Bonchev–Trinajstić information content (AvgIpc) is 3.17.